The van der Waals surface area contributed by atoms with Crippen molar-refractivity contribution in [1.82, 2.24) is 9.78 Å². The van der Waals surface area contributed by atoms with E-state index in [9.17, 15) is 18.0 Å². The Labute approximate surface area is 133 Å². The first kappa shape index (κ1) is 15.3. The molecule has 0 N–H and O–H groups in total. The van der Waals surface area contributed by atoms with E-state index in [0.29, 0.717) is 17.9 Å². The third-order valence-corrected chi connectivity index (χ3v) is 3.55. The molecule has 0 fully saturated rings. The molecule has 0 aliphatic heterocycles. The Morgan fingerprint density at radius 1 is 0.957 bits per heavy atom. The average Bonchev–Trinajstić information content (AvgIpc) is 2.84. The van der Waals surface area contributed by atoms with Crippen LogP contribution in [0.25, 0.3) is 16.9 Å². The third-order valence-electron chi connectivity index (χ3n) is 3.19. The number of carbonyl (C=O) groups is 1. The van der Waals surface area contributed by atoms with Gasteiger partial charge in [0.15, 0.2) is 6.29 Å². The number of nitrogens with zero attached hydrogens (tertiary/aromatic N) is 2. The van der Waals surface area contributed by atoms with Crippen molar-refractivity contribution in [3.8, 4) is 16.9 Å². The Bertz CT molecular complexity index is 871. The van der Waals surface area contributed by atoms with Crippen molar-refractivity contribution < 1.29 is 18.0 Å². The Kier molecular flexibility index (Phi) is 3.92. The minimum atomic E-state index is -0.803. The van der Waals surface area contributed by atoms with Gasteiger partial charge in [0.25, 0.3) is 0 Å². The standard InChI is InChI=1S/C16H8ClF3N2O/c17-16-14(8-23)15(9-1-3-10(18)4-2-9)21-22(16)13-6-11(19)5-12(20)7-13/h1-8H. The van der Waals surface area contributed by atoms with Gasteiger partial charge in [-0.3, -0.25) is 4.79 Å². The van der Waals surface area contributed by atoms with Crippen molar-refractivity contribution in [2.24, 2.45) is 0 Å². The van der Waals surface area contributed by atoms with E-state index in [4.69, 9.17) is 11.6 Å². The quantitative estimate of drug-likeness (QED) is 0.663. The van der Waals surface area contributed by atoms with Crippen molar-refractivity contribution in [3.05, 3.63) is 70.6 Å². The van der Waals surface area contributed by atoms with Gasteiger partial charge >= 0.3 is 0 Å². The van der Waals surface area contributed by atoms with Crippen LogP contribution in [0, 0.1) is 17.5 Å². The lowest BCUT2D eigenvalue weighted by Crippen LogP contribution is -1.98. The SMILES string of the molecule is O=Cc1c(-c2ccc(F)cc2)nn(-c2cc(F)cc(F)c2)c1Cl. The topological polar surface area (TPSA) is 34.9 Å². The maximum absolute atomic E-state index is 13.4. The second kappa shape index (κ2) is 5.89. The summed E-state index contributed by atoms with van der Waals surface area (Å²) in [5.41, 5.74) is 0.715. The van der Waals surface area contributed by atoms with Gasteiger partial charge in [0.05, 0.1) is 11.3 Å². The summed E-state index contributed by atoms with van der Waals surface area (Å²) >= 11 is 6.10. The van der Waals surface area contributed by atoms with Gasteiger partial charge in [0.2, 0.25) is 0 Å². The van der Waals surface area contributed by atoms with Gasteiger partial charge in [0.1, 0.15) is 28.3 Å². The zero-order valence-corrected chi connectivity index (χ0v) is 12.2. The molecular weight excluding hydrogens is 329 g/mol. The molecule has 23 heavy (non-hydrogen) atoms. The van der Waals surface area contributed by atoms with Gasteiger partial charge < -0.3 is 0 Å². The Morgan fingerprint density at radius 3 is 2.13 bits per heavy atom. The molecule has 1 aromatic heterocycles. The fourth-order valence-corrected chi connectivity index (χ4v) is 2.44. The number of hydrogen-bond donors (Lipinski definition) is 0. The molecule has 0 spiro atoms. The number of carbonyl (C=O) groups excluding carboxylic acids is 1. The maximum atomic E-state index is 13.4. The second-order valence-electron chi connectivity index (χ2n) is 4.72. The Hall–Kier alpha value is -2.60. The lowest BCUT2D eigenvalue weighted by atomic mass is 10.1. The van der Waals surface area contributed by atoms with Crippen LogP contribution in [0.15, 0.2) is 42.5 Å². The van der Waals surface area contributed by atoms with Gasteiger partial charge in [0, 0.05) is 11.6 Å². The molecule has 0 unspecified atom stereocenters. The summed E-state index contributed by atoms with van der Waals surface area (Å²) in [5, 5.41) is 4.04. The van der Waals surface area contributed by atoms with E-state index in [-0.39, 0.29) is 22.1 Å². The first-order valence-electron chi connectivity index (χ1n) is 6.45. The predicted molar refractivity (Wildman–Crippen MR) is 79.3 cm³/mol. The highest BCUT2D eigenvalue weighted by Gasteiger charge is 2.19. The van der Waals surface area contributed by atoms with Gasteiger partial charge in [-0.25, -0.2) is 17.9 Å². The van der Waals surface area contributed by atoms with Crippen LogP contribution in [0.2, 0.25) is 5.15 Å². The molecule has 0 bridgehead atoms. The predicted octanol–water partition coefficient (Wildman–Crippen LogP) is 4.42. The molecule has 0 amide bonds. The zero-order valence-electron chi connectivity index (χ0n) is 11.4. The lowest BCUT2D eigenvalue weighted by molar-refractivity contribution is 0.112. The number of rotatable bonds is 3. The fourth-order valence-electron chi connectivity index (χ4n) is 2.17. The van der Waals surface area contributed by atoms with E-state index in [2.05, 4.69) is 5.10 Å². The van der Waals surface area contributed by atoms with Crippen LogP contribution in [0.4, 0.5) is 13.2 Å². The van der Waals surface area contributed by atoms with E-state index >= 15 is 0 Å². The van der Waals surface area contributed by atoms with Crippen LogP contribution in [0.1, 0.15) is 10.4 Å². The third kappa shape index (κ3) is 2.85. The molecule has 0 aliphatic rings. The number of aromatic nitrogens is 2. The lowest BCUT2D eigenvalue weighted by Gasteiger charge is -2.03. The number of halogens is 4. The van der Waals surface area contributed by atoms with Crippen LogP contribution >= 0.6 is 11.6 Å². The van der Waals surface area contributed by atoms with Gasteiger partial charge in [-0.2, -0.15) is 5.10 Å². The van der Waals surface area contributed by atoms with E-state index in [1.807, 2.05) is 0 Å². The summed E-state index contributed by atoms with van der Waals surface area (Å²) in [7, 11) is 0. The Morgan fingerprint density at radius 2 is 1.57 bits per heavy atom. The monoisotopic (exact) mass is 336 g/mol. The number of hydrogen-bond acceptors (Lipinski definition) is 2. The molecule has 7 heteroatoms. The van der Waals surface area contributed by atoms with E-state index < -0.39 is 17.5 Å². The molecular formula is C16H8ClF3N2O. The van der Waals surface area contributed by atoms with Crippen LogP contribution < -0.4 is 0 Å². The molecule has 0 saturated heterocycles. The second-order valence-corrected chi connectivity index (χ2v) is 5.08. The summed E-state index contributed by atoms with van der Waals surface area (Å²) in [6.07, 6.45) is 0.486. The highest BCUT2D eigenvalue weighted by Crippen LogP contribution is 2.30. The van der Waals surface area contributed by atoms with E-state index in [1.165, 1.54) is 24.3 Å². The van der Waals surface area contributed by atoms with Gasteiger partial charge in [-0.1, -0.05) is 11.6 Å². The van der Waals surface area contributed by atoms with Crippen molar-refractivity contribution in [1.29, 1.82) is 0 Å². The van der Waals surface area contributed by atoms with Crippen LogP contribution in [-0.4, -0.2) is 16.1 Å². The van der Waals surface area contributed by atoms with Gasteiger partial charge in [-0.15, -0.1) is 0 Å². The summed E-state index contributed by atoms with van der Waals surface area (Å²) in [6.45, 7) is 0. The average molecular weight is 337 g/mol. The highest BCUT2D eigenvalue weighted by atomic mass is 35.5. The Balaban J connectivity index is 2.20. The van der Waals surface area contributed by atoms with Crippen LogP contribution in [0.3, 0.4) is 0 Å². The smallest absolute Gasteiger partial charge is 0.155 e. The van der Waals surface area contributed by atoms with Crippen LogP contribution in [-0.2, 0) is 0 Å². The molecule has 3 aromatic rings. The van der Waals surface area contributed by atoms with Crippen molar-refractivity contribution in [2.75, 3.05) is 0 Å². The minimum absolute atomic E-state index is 0.0314. The summed E-state index contributed by atoms with van der Waals surface area (Å²) < 4.78 is 40.8. The summed E-state index contributed by atoms with van der Waals surface area (Å²) in [6, 6.07) is 8.05. The molecule has 116 valence electrons. The molecule has 3 rings (SSSR count). The molecule has 1 heterocycles. The number of aldehydes is 1. The summed E-state index contributed by atoms with van der Waals surface area (Å²) in [5.74, 6) is -2.05. The largest absolute Gasteiger partial charge is 0.298 e. The molecule has 3 nitrogen and oxygen atoms in total. The molecule has 0 saturated carbocycles. The molecule has 0 atom stereocenters. The summed E-state index contributed by atoms with van der Waals surface area (Å²) in [4.78, 5) is 11.3. The van der Waals surface area contributed by atoms with Crippen molar-refractivity contribution in [2.45, 2.75) is 0 Å². The first-order chi connectivity index (χ1) is 11.0. The first-order valence-corrected chi connectivity index (χ1v) is 6.83. The van der Waals surface area contributed by atoms with Crippen molar-refractivity contribution in [3.63, 3.8) is 0 Å². The van der Waals surface area contributed by atoms with Crippen LogP contribution in [0.5, 0.6) is 0 Å². The number of benzene rings is 2. The minimum Gasteiger partial charge on any atom is -0.298 e. The molecule has 0 radical (unpaired) electrons. The van der Waals surface area contributed by atoms with E-state index in [0.717, 1.165) is 16.8 Å². The highest BCUT2D eigenvalue weighted by molar-refractivity contribution is 6.32. The normalized spacial score (nSPS) is 10.8. The van der Waals surface area contributed by atoms with Gasteiger partial charge in [-0.05, 0) is 36.4 Å². The molecule has 0 aliphatic carbocycles. The van der Waals surface area contributed by atoms with E-state index in [1.54, 1.807) is 0 Å². The van der Waals surface area contributed by atoms with Crippen molar-refractivity contribution >= 4 is 17.9 Å². The fraction of sp³-hybridized carbons (Fsp3) is 0. The molecule has 2 aromatic carbocycles. The zero-order chi connectivity index (χ0) is 16.6. The maximum Gasteiger partial charge on any atom is 0.155 e.